The standard InChI is InChI=1S/C13H17NO/c1-9(2)12-8-11(10(3)14-4)6-7-13(12)15-5/h6-10H,1-3,5H3. The maximum atomic E-state index is 7.02. The van der Waals surface area contributed by atoms with Crippen LogP contribution in [0.15, 0.2) is 18.2 Å². The summed E-state index contributed by atoms with van der Waals surface area (Å²) < 4.78 is 5.30. The molecule has 1 aromatic rings. The number of hydrogen-bond donors (Lipinski definition) is 0. The van der Waals surface area contributed by atoms with Gasteiger partial charge < -0.3 is 9.58 Å². The summed E-state index contributed by atoms with van der Waals surface area (Å²) >= 11 is 0. The summed E-state index contributed by atoms with van der Waals surface area (Å²) in [4.78, 5) is 3.52. The Kier molecular flexibility index (Phi) is 3.74. The maximum Gasteiger partial charge on any atom is 0.245 e. The van der Waals surface area contributed by atoms with Crippen LogP contribution >= 0.6 is 0 Å². The van der Waals surface area contributed by atoms with Gasteiger partial charge >= 0.3 is 0 Å². The highest BCUT2D eigenvalue weighted by Gasteiger charge is 2.13. The van der Waals surface area contributed by atoms with Gasteiger partial charge in [0.2, 0.25) is 6.04 Å². The molecule has 0 heterocycles. The van der Waals surface area contributed by atoms with Gasteiger partial charge in [0.05, 0.1) is 7.11 Å². The van der Waals surface area contributed by atoms with Crippen LogP contribution in [0.25, 0.3) is 4.85 Å². The van der Waals surface area contributed by atoms with Crippen molar-refractivity contribution in [3.63, 3.8) is 0 Å². The third-order valence-corrected chi connectivity index (χ3v) is 2.55. The summed E-state index contributed by atoms with van der Waals surface area (Å²) in [7, 11) is 1.68. The summed E-state index contributed by atoms with van der Waals surface area (Å²) in [6.45, 7) is 13.2. The molecular formula is C13H17NO. The molecule has 0 aliphatic carbocycles. The third-order valence-electron chi connectivity index (χ3n) is 2.55. The van der Waals surface area contributed by atoms with Gasteiger partial charge in [0.1, 0.15) is 5.75 Å². The van der Waals surface area contributed by atoms with E-state index in [2.05, 4.69) is 24.8 Å². The third kappa shape index (κ3) is 2.50. The molecule has 0 aromatic heterocycles. The molecular weight excluding hydrogens is 186 g/mol. The molecule has 15 heavy (non-hydrogen) atoms. The first-order chi connectivity index (χ1) is 7.10. The Balaban J connectivity index is 3.17. The van der Waals surface area contributed by atoms with E-state index in [9.17, 15) is 0 Å². The van der Waals surface area contributed by atoms with E-state index in [-0.39, 0.29) is 6.04 Å². The average Bonchev–Trinajstić information content (AvgIpc) is 2.27. The summed E-state index contributed by atoms with van der Waals surface area (Å²) in [5, 5.41) is 0. The first kappa shape index (κ1) is 11.6. The van der Waals surface area contributed by atoms with Gasteiger partial charge in [0.25, 0.3) is 0 Å². The van der Waals surface area contributed by atoms with E-state index in [4.69, 9.17) is 11.3 Å². The summed E-state index contributed by atoms with van der Waals surface area (Å²) in [5.41, 5.74) is 2.24. The normalized spacial score (nSPS) is 12.3. The zero-order valence-electron chi connectivity index (χ0n) is 9.74. The van der Waals surface area contributed by atoms with Crippen LogP contribution in [0.4, 0.5) is 0 Å². The lowest BCUT2D eigenvalue weighted by Crippen LogP contribution is -1.97. The van der Waals surface area contributed by atoms with E-state index in [1.807, 2.05) is 19.1 Å². The number of ether oxygens (including phenoxy) is 1. The van der Waals surface area contributed by atoms with Gasteiger partial charge in [0.15, 0.2) is 0 Å². The number of hydrogen-bond acceptors (Lipinski definition) is 1. The molecule has 0 amide bonds. The van der Waals surface area contributed by atoms with Crippen molar-refractivity contribution in [1.29, 1.82) is 0 Å². The van der Waals surface area contributed by atoms with Crippen LogP contribution in [0.1, 0.15) is 43.9 Å². The molecule has 2 heteroatoms. The minimum atomic E-state index is -0.0755. The number of nitrogens with zero attached hydrogens (tertiary/aromatic N) is 1. The minimum absolute atomic E-state index is 0.0755. The molecule has 0 fully saturated rings. The number of benzene rings is 1. The average molecular weight is 203 g/mol. The molecule has 0 radical (unpaired) electrons. The Morgan fingerprint density at radius 3 is 2.40 bits per heavy atom. The highest BCUT2D eigenvalue weighted by atomic mass is 16.5. The first-order valence-electron chi connectivity index (χ1n) is 5.14. The highest BCUT2D eigenvalue weighted by Crippen LogP contribution is 2.30. The Morgan fingerprint density at radius 1 is 1.27 bits per heavy atom. The van der Waals surface area contributed by atoms with Crippen molar-refractivity contribution in [1.82, 2.24) is 0 Å². The quantitative estimate of drug-likeness (QED) is 0.681. The summed E-state index contributed by atoms with van der Waals surface area (Å²) in [5.74, 6) is 1.32. The Hall–Kier alpha value is -1.49. The fourth-order valence-corrected chi connectivity index (χ4v) is 1.54. The van der Waals surface area contributed by atoms with Gasteiger partial charge in [-0.3, -0.25) is 0 Å². The van der Waals surface area contributed by atoms with Crippen LogP contribution in [0.3, 0.4) is 0 Å². The molecule has 0 bridgehead atoms. The predicted octanol–water partition coefficient (Wildman–Crippen LogP) is 3.80. The van der Waals surface area contributed by atoms with Gasteiger partial charge in [-0.05, 0) is 29.7 Å². The summed E-state index contributed by atoms with van der Waals surface area (Å²) in [6, 6.07) is 5.92. The van der Waals surface area contributed by atoms with Gasteiger partial charge in [-0.2, -0.15) is 0 Å². The molecule has 0 aliphatic heterocycles. The molecule has 0 saturated carbocycles. The molecule has 0 N–H and O–H groups in total. The van der Waals surface area contributed by atoms with E-state index >= 15 is 0 Å². The van der Waals surface area contributed by atoms with Crippen molar-refractivity contribution >= 4 is 0 Å². The smallest absolute Gasteiger partial charge is 0.245 e. The fraction of sp³-hybridized carbons (Fsp3) is 0.462. The van der Waals surface area contributed by atoms with Crippen LogP contribution in [0, 0.1) is 6.57 Å². The largest absolute Gasteiger partial charge is 0.496 e. The molecule has 0 aliphatic rings. The second kappa shape index (κ2) is 4.84. The molecule has 0 spiro atoms. The van der Waals surface area contributed by atoms with Crippen molar-refractivity contribution in [3.05, 3.63) is 40.7 Å². The molecule has 1 rings (SSSR count). The molecule has 1 unspecified atom stereocenters. The van der Waals surface area contributed by atoms with Crippen molar-refractivity contribution in [3.8, 4) is 5.75 Å². The van der Waals surface area contributed by atoms with E-state index in [1.165, 1.54) is 5.56 Å². The Morgan fingerprint density at radius 2 is 1.93 bits per heavy atom. The van der Waals surface area contributed by atoms with Gasteiger partial charge in [-0.15, -0.1) is 0 Å². The number of methoxy groups -OCH3 is 1. The first-order valence-corrected chi connectivity index (χ1v) is 5.14. The van der Waals surface area contributed by atoms with Crippen molar-refractivity contribution < 1.29 is 4.74 Å². The van der Waals surface area contributed by atoms with Gasteiger partial charge in [0, 0.05) is 12.5 Å². The topological polar surface area (TPSA) is 13.6 Å². The SMILES string of the molecule is [C-]#[N+]C(C)c1ccc(OC)c(C(C)C)c1. The molecule has 1 aromatic carbocycles. The summed E-state index contributed by atoms with van der Waals surface area (Å²) in [6.07, 6.45) is 0. The predicted molar refractivity (Wildman–Crippen MR) is 62.1 cm³/mol. The molecule has 2 nitrogen and oxygen atoms in total. The molecule has 80 valence electrons. The highest BCUT2D eigenvalue weighted by molar-refractivity contribution is 5.40. The van der Waals surface area contributed by atoms with Crippen LogP contribution in [0.5, 0.6) is 5.75 Å². The van der Waals surface area contributed by atoms with Crippen molar-refractivity contribution in [2.24, 2.45) is 0 Å². The second-order valence-corrected chi connectivity index (χ2v) is 3.96. The number of rotatable bonds is 3. The monoisotopic (exact) mass is 203 g/mol. The van der Waals surface area contributed by atoms with Crippen LogP contribution in [0.2, 0.25) is 0 Å². The Bertz CT molecular complexity index is 377. The zero-order chi connectivity index (χ0) is 11.4. The van der Waals surface area contributed by atoms with E-state index in [0.717, 1.165) is 11.3 Å². The van der Waals surface area contributed by atoms with E-state index < -0.39 is 0 Å². The lowest BCUT2D eigenvalue weighted by molar-refractivity contribution is 0.407. The van der Waals surface area contributed by atoms with E-state index in [0.29, 0.717) is 5.92 Å². The van der Waals surface area contributed by atoms with Crippen molar-refractivity contribution in [2.75, 3.05) is 7.11 Å². The van der Waals surface area contributed by atoms with Crippen LogP contribution < -0.4 is 4.74 Å². The fourth-order valence-electron chi connectivity index (χ4n) is 1.54. The second-order valence-electron chi connectivity index (χ2n) is 3.96. The lowest BCUT2D eigenvalue weighted by Gasteiger charge is -2.13. The maximum absolute atomic E-state index is 7.02. The van der Waals surface area contributed by atoms with Gasteiger partial charge in [-0.25, -0.2) is 6.57 Å². The molecule has 1 atom stereocenters. The lowest BCUT2D eigenvalue weighted by atomic mass is 9.97. The van der Waals surface area contributed by atoms with Gasteiger partial charge in [-0.1, -0.05) is 13.8 Å². The minimum Gasteiger partial charge on any atom is -0.496 e. The van der Waals surface area contributed by atoms with E-state index in [1.54, 1.807) is 7.11 Å². The Labute approximate surface area is 91.7 Å². The van der Waals surface area contributed by atoms with Crippen LogP contribution in [-0.4, -0.2) is 7.11 Å². The zero-order valence-corrected chi connectivity index (χ0v) is 9.74. The molecule has 0 saturated heterocycles. The van der Waals surface area contributed by atoms with Crippen LogP contribution in [-0.2, 0) is 0 Å². The van der Waals surface area contributed by atoms with Crippen molar-refractivity contribution in [2.45, 2.75) is 32.7 Å².